The molecule has 0 radical (unpaired) electrons. The molecule has 0 fully saturated rings. The van der Waals surface area contributed by atoms with E-state index in [9.17, 15) is 9.90 Å². The average molecular weight is 361 g/mol. The summed E-state index contributed by atoms with van der Waals surface area (Å²) < 4.78 is 7.33. The number of anilines is 1. The summed E-state index contributed by atoms with van der Waals surface area (Å²) >= 11 is 0. The number of esters is 1. The van der Waals surface area contributed by atoms with Crippen molar-refractivity contribution in [2.24, 2.45) is 0 Å². The topological polar surface area (TPSA) is 76.4 Å². The maximum atomic E-state index is 12.8. The van der Waals surface area contributed by atoms with Gasteiger partial charge in [-0.2, -0.15) is 0 Å². The Balaban J connectivity index is 1.93. The molecule has 1 aliphatic rings. The summed E-state index contributed by atoms with van der Waals surface area (Å²) in [6.45, 7) is 5.57. The van der Waals surface area contributed by atoms with Crippen LogP contribution in [0.1, 0.15) is 18.5 Å². The molecule has 2 heterocycles. The van der Waals surface area contributed by atoms with E-state index in [1.165, 1.54) is 6.08 Å². The van der Waals surface area contributed by atoms with Gasteiger partial charge in [0.1, 0.15) is 12.4 Å². The second kappa shape index (κ2) is 6.64. The van der Waals surface area contributed by atoms with Crippen LogP contribution in [0, 0.1) is 0 Å². The molecule has 6 heteroatoms. The van der Waals surface area contributed by atoms with E-state index in [1.807, 2.05) is 35.8 Å². The molecule has 27 heavy (non-hydrogen) atoms. The Morgan fingerprint density at radius 1 is 1.30 bits per heavy atom. The summed E-state index contributed by atoms with van der Waals surface area (Å²) in [6, 6.07) is 14.2. The third-order valence-corrected chi connectivity index (χ3v) is 4.59. The maximum Gasteiger partial charge on any atom is 0.338 e. The SMILES string of the molecule is C=CCOC(=O)C1=C(C)Nc2nc3ccccc3n2[C@@H]1c1ccc(O)cc1. The summed E-state index contributed by atoms with van der Waals surface area (Å²) in [7, 11) is 0. The van der Waals surface area contributed by atoms with E-state index in [-0.39, 0.29) is 12.4 Å². The zero-order valence-corrected chi connectivity index (χ0v) is 14.8. The molecule has 1 atom stereocenters. The molecule has 3 aromatic rings. The van der Waals surface area contributed by atoms with Crippen molar-refractivity contribution in [1.82, 2.24) is 9.55 Å². The number of imidazole rings is 1. The van der Waals surface area contributed by atoms with Crippen LogP contribution in [0.4, 0.5) is 5.95 Å². The van der Waals surface area contributed by atoms with Gasteiger partial charge in [-0.3, -0.25) is 4.57 Å². The second-order valence-corrected chi connectivity index (χ2v) is 6.34. The number of allylic oxidation sites excluding steroid dienone is 1. The Kier molecular flexibility index (Phi) is 4.16. The summed E-state index contributed by atoms with van der Waals surface area (Å²) in [5, 5.41) is 12.9. The monoisotopic (exact) mass is 361 g/mol. The van der Waals surface area contributed by atoms with Gasteiger partial charge >= 0.3 is 5.97 Å². The van der Waals surface area contributed by atoms with Gasteiger partial charge in [0, 0.05) is 5.70 Å². The van der Waals surface area contributed by atoms with Crippen molar-refractivity contribution in [3.05, 3.63) is 78.0 Å². The lowest BCUT2D eigenvalue weighted by atomic mass is 9.95. The van der Waals surface area contributed by atoms with Crippen LogP contribution < -0.4 is 5.32 Å². The van der Waals surface area contributed by atoms with Gasteiger partial charge in [-0.05, 0) is 36.8 Å². The van der Waals surface area contributed by atoms with Gasteiger partial charge < -0.3 is 15.2 Å². The van der Waals surface area contributed by atoms with Gasteiger partial charge in [0.2, 0.25) is 5.95 Å². The quantitative estimate of drug-likeness (QED) is 0.547. The van der Waals surface area contributed by atoms with Crippen molar-refractivity contribution < 1.29 is 14.6 Å². The van der Waals surface area contributed by atoms with E-state index in [1.54, 1.807) is 24.3 Å². The van der Waals surface area contributed by atoms with Gasteiger partial charge in [0.25, 0.3) is 0 Å². The first kappa shape index (κ1) is 16.9. The highest BCUT2D eigenvalue weighted by atomic mass is 16.5. The van der Waals surface area contributed by atoms with E-state index in [0.717, 1.165) is 16.6 Å². The number of phenols is 1. The summed E-state index contributed by atoms with van der Waals surface area (Å²) in [5.41, 5.74) is 3.77. The number of nitrogens with zero attached hydrogens (tertiary/aromatic N) is 2. The fraction of sp³-hybridized carbons (Fsp3) is 0.143. The number of carbonyl (C=O) groups is 1. The molecule has 2 N–H and O–H groups in total. The number of aromatic hydroxyl groups is 1. The van der Waals surface area contributed by atoms with Crippen molar-refractivity contribution >= 4 is 23.0 Å². The van der Waals surface area contributed by atoms with E-state index in [4.69, 9.17) is 4.74 Å². The highest BCUT2D eigenvalue weighted by Crippen LogP contribution is 2.39. The number of fused-ring (bicyclic) bond motifs is 3. The number of phenolic OH excluding ortho intramolecular Hbond substituents is 1. The summed E-state index contributed by atoms with van der Waals surface area (Å²) in [6.07, 6.45) is 1.54. The van der Waals surface area contributed by atoms with Gasteiger partial charge in [-0.1, -0.05) is 36.9 Å². The maximum absolute atomic E-state index is 12.8. The van der Waals surface area contributed by atoms with Gasteiger partial charge in [-0.25, -0.2) is 9.78 Å². The molecule has 2 aromatic carbocycles. The largest absolute Gasteiger partial charge is 0.508 e. The number of rotatable bonds is 4. The van der Waals surface area contributed by atoms with Crippen molar-refractivity contribution in [3.8, 4) is 5.75 Å². The fourth-order valence-corrected chi connectivity index (χ4v) is 3.41. The highest BCUT2D eigenvalue weighted by molar-refractivity contribution is 5.94. The number of benzene rings is 2. The first-order chi connectivity index (χ1) is 13.1. The Bertz CT molecular complexity index is 1060. The zero-order valence-electron chi connectivity index (χ0n) is 14.8. The fourth-order valence-electron chi connectivity index (χ4n) is 3.41. The Morgan fingerprint density at radius 2 is 2.04 bits per heavy atom. The van der Waals surface area contributed by atoms with Gasteiger partial charge in [0.15, 0.2) is 0 Å². The number of hydrogen-bond acceptors (Lipinski definition) is 5. The molecule has 0 spiro atoms. The van der Waals surface area contributed by atoms with Crippen LogP contribution in [0.15, 0.2) is 72.5 Å². The molecule has 0 aliphatic carbocycles. The predicted octanol–water partition coefficient (Wildman–Crippen LogP) is 3.76. The van der Waals surface area contributed by atoms with Crippen LogP contribution >= 0.6 is 0 Å². The molecule has 0 amide bonds. The van der Waals surface area contributed by atoms with Crippen molar-refractivity contribution in [1.29, 1.82) is 0 Å². The Morgan fingerprint density at radius 3 is 2.78 bits per heavy atom. The number of carbonyl (C=O) groups excluding carboxylic acids is 1. The third-order valence-electron chi connectivity index (χ3n) is 4.59. The molecule has 4 rings (SSSR count). The van der Waals surface area contributed by atoms with Gasteiger partial charge in [0.05, 0.1) is 22.6 Å². The molecular weight excluding hydrogens is 342 g/mol. The van der Waals surface area contributed by atoms with Crippen LogP contribution in [-0.4, -0.2) is 27.2 Å². The minimum absolute atomic E-state index is 0.134. The molecule has 0 saturated heterocycles. The Hall–Kier alpha value is -3.54. The van der Waals surface area contributed by atoms with Crippen LogP contribution in [0.2, 0.25) is 0 Å². The number of hydrogen-bond donors (Lipinski definition) is 2. The van der Waals surface area contributed by atoms with Crippen molar-refractivity contribution in [2.45, 2.75) is 13.0 Å². The molecule has 1 aromatic heterocycles. The number of nitrogens with one attached hydrogen (secondary N) is 1. The van der Waals surface area contributed by atoms with Crippen LogP contribution in [0.5, 0.6) is 5.75 Å². The Labute approximate surface area is 156 Å². The molecule has 1 aliphatic heterocycles. The highest BCUT2D eigenvalue weighted by Gasteiger charge is 2.34. The second-order valence-electron chi connectivity index (χ2n) is 6.34. The first-order valence-corrected chi connectivity index (χ1v) is 8.62. The van der Waals surface area contributed by atoms with E-state index < -0.39 is 12.0 Å². The lowest BCUT2D eigenvalue weighted by molar-refractivity contribution is -0.138. The normalized spacial score (nSPS) is 16.0. The van der Waals surface area contributed by atoms with Crippen LogP contribution in [0.3, 0.4) is 0 Å². The predicted molar refractivity (Wildman–Crippen MR) is 103 cm³/mol. The average Bonchev–Trinajstić information content (AvgIpc) is 3.03. The van der Waals surface area contributed by atoms with E-state index >= 15 is 0 Å². The van der Waals surface area contributed by atoms with Gasteiger partial charge in [-0.15, -0.1) is 0 Å². The third kappa shape index (κ3) is 2.85. The van der Waals surface area contributed by atoms with E-state index in [2.05, 4.69) is 16.9 Å². The minimum Gasteiger partial charge on any atom is -0.508 e. The summed E-state index contributed by atoms with van der Waals surface area (Å²) in [5.74, 6) is 0.410. The van der Waals surface area contributed by atoms with E-state index in [0.29, 0.717) is 17.2 Å². The minimum atomic E-state index is -0.424. The smallest absolute Gasteiger partial charge is 0.338 e. The number of para-hydroxylation sites is 2. The molecule has 0 unspecified atom stereocenters. The number of ether oxygens (including phenoxy) is 1. The molecular formula is C21H19N3O3. The molecule has 0 saturated carbocycles. The molecule has 6 nitrogen and oxygen atoms in total. The lowest BCUT2D eigenvalue weighted by Crippen LogP contribution is -2.29. The lowest BCUT2D eigenvalue weighted by Gasteiger charge is -2.30. The zero-order chi connectivity index (χ0) is 19.0. The number of aromatic nitrogens is 2. The van der Waals surface area contributed by atoms with Crippen LogP contribution in [0.25, 0.3) is 11.0 Å². The van der Waals surface area contributed by atoms with Crippen molar-refractivity contribution in [3.63, 3.8) is 0 Å². The molecule has 0 bridgehead atoms. The summed E-state index contributed by atoms with van der Waals surface area (Å²) in [4.78, 5) is 17.5. The molecule has 136 valence electrons. The first-order valence-electron chi connectivity index (χ1n) is 8.62. The van der Waals surface area contributed by atoms with Crippen molar-refractivity contribution in [2.75, 3.05) is 11.9 Å². The van der Waals surface area contributed by atoms with Crippen LogP contribution in [-0.2, 0) is 9.53 Å². The standard InChI is InChI=1S/C21H19N3O3/c1-3-12-27-20(26)18-13(2)22-21-23-16-6-4-5-7-17(16)24(21)19(18)14-8-10-15(25)11-9-14/h3-11,19,25H,1,12H2,2H3,(H,22,23)/t19-/m1/s1.